The number of amides is 2. The number of rotatable bonds is 4. The summed E-state index contributed by atoms with van der Waals surface area (Å²) in [6.07, 6.45) is 1.23. The highest BCUT2D eigenvalue weighted by Crippen LogP contribution is 2.31. The fourth-order valence-corrected chi connectivity index (χ4v) is 2.81. The summed E-state index contributed by atoms with van der Waals surface area (Å²) < 4.78 is 0. The molecule has 1 atom stereocenters. The van der Waals surface area contributed by atoms with E-state index in [1.54, 1.807) is 23.9 Å². The van der Waals surface area contributed by atoms with Crippen LogP contribution in [0.3, 0.4) is 0 Å². The Kier molecular flexibility index (Phi) is 7.01. The van der Waals surface area contributed by atoms with E-state index in [1.807, 2.05) is 13.0 Å². The normalized spacial score (nSPS) is 15.0. The molecule has 0 aromatic heterocycles. The van der Waals surface area contributed by atoms with Gasteiger partial charge in [-0.2, -0.15) is 0 Å². The maximum absolute atomic E-state index is 12.0. The molecule has 4 N–H and O–H groups in total. The molecule has 0 spiro atoms. The number of hydrogen-bond acceptors (Lipinski definition) is 4. The SMILES string of the molecule is CC(N)CCNC(=O)c1ccc2c(c1)NC(=O)CCS2.Cl. The summed E-state index contributed by atoms with van der Waals surface area (Å²) in [5.41, 5.74) is 6.91. The van der Waals surface area contributed by atoms with Crippen LogP contribution in [0.15, 0.2) is 23.1 Å². The quantitative estimate of drug-likeness (QED) is 0.789. The number of thioether (sulfide) groups is 1. The number of benzene rings is 1. The summed E-state index contributed by atoms with van der Waals surface area (Å²) >= 11 is 1.62. The molecule has 1 aromatic carbocycles. The van der Waals surface area contributed by atoms with Crippen LogP contribution in [-0.2, 0) is 4.79 Å². The van der Waals surface area contributed by atoms with Crippen LogP contribution in [0.2, 0.25) is 0 Å². The zero-order valence-electron chi connectivity index (χ0n) is 11.8. The molecule has 5 nitrogen and oxygen atoms in total. The number of carbonyl (C=O) groups is 2. The number of hydrogen-bond donors (Lipinski definition) is 3. The monoisotopic (exact) mass is 329 g/mol. The maximum atomic E-state index is 12.0. The summed E-state index contributed by atoms with van der Waals surface area (Å²) in [6, 6.07) is 5.46. The third-order valence-electron chi connectivity index (χ3n) is 2.99. The molecular formula is C14H20ClN3O2S. The van der Waals surface area contributed by atoms with Crippen LogP contribution in [0, 0.1) is 0 Å². The first-order valence-corrected chi connectivity index (χ1v) is 7.65. The highest BCUT2D eigenvalue weighted by atomic mass is 35.5. The molecule has 1 aliphatic heterocycles. The van der Waals surface area contributed by atoms with Gasteiger partial charge in [-0.3, -0.25) is 9.59 Å². The number of fused-ring (bicyclic) bond motifs is 1. The summed E-state index contributed by atoms with van der Waals surface area (Å²) in [7, 11) is 0. The lowest BCUT2D eigenvalue weighted by Crippen LogP contribution is -2.29. The van der Waals surface area contributed by atoms with E-state index in [0.29, 0.717) is 18.5 Å². The molecule has 1 unspecified atom stereocenters. The second-order valence-electron chi connectivity index (χ2n) is 4.88. The van der Waals surface area contributed by atoms with Crippen molar-refractivity contribution >= 4 is 41.7 Å². The maximum Gasteiger partial charge on any atom is 0.251 e. The summed E-state index contributed by atoms with van der Waals surface area (Å²) in [5, 5.41) is 5.66. The molecule has 1 aliphatic rings. The Bertz CT molecular complexity index is 523. The van der Waals surface area contributed by atoms with Gasteiger partial charge < -0.3 is 16.4 Å². The van der Waals surface area contributed by atoms with Crippen LogP contribution >= 0.6 is 24.2 Å². The molecule has 1 aromatic rings. The van der Waals surface area contributed by atoms with Gasteiger partial charge in [0.05, 0.1) is 5.69 Å². The lowest BCUT2D eigenvalue weighted by molar-refractivity contribution is -0.115. The van der Waals surface area contributed by atoms with Gasteiger partial charge in [-0.15, -0.1) is 24.2 Å². The lowest BCUT2D eigenvalue weighted by atomic mass is 10.1. The molecule has 2 rings (SSSR count). The van der Waals surface area contributed by atoms with Crippen molar-refractivity contribution in [3.8, 4) is 0 Å². The molecule has 0 aliphatic carbocycles. The van der Waals surface area contributed by atoms with E-state index in [-0.39, 0.29) is 30.3 Å². The van der Waals surface area contributed by atoms with Gasteiger partial charge in [-0.25, -0.2) is 0 Å². The highest BCUT2D eigenvalue weighted by Gasteiger charge is 2.15. The van der Waals surface area contributed by atoms with Crippen LogP contribution in [0.1, 0.15) is 30.1 Å². The van der Waals surface area contributed by atoms with Crippen molar-refractivity contribution in [1.29, 1.82) is 0 Å². The molecule has 0 saturated heterocycles. The first-order chi connectivity index (χ1) is 9.56. The second kappa shape index (κ2) is 8.26. The largest absolute Gasteiger partial charge is 0.352 e. The van der Waals surface area contributed by atoms with Crippen molar-refractivity contribution in [1.82, 2.24) is 5.32 Å². The molecule has 2 amide bonds. The van der Waals surface area contributed by atoms with E-state index in [0.717, 1.165) is 22.8 Å². The summed E-state index contributed by atoms with van der Waals surface area (Å²) in [6.45, 7) is 2.45. The van der Waals surface area contributed by atoms with Crippen molar-refractivity contribution < 1.29 is 9.59 Å². The first kappa shape index (κ1) is 17.8. The van der Waals surface area contributed by atoms with Gasteiger partial charge in [0, 0.05) is 35.2 Å². The fraction of sp³-hybridized carbons (Fsp3) is 0.429. The Balaban J connectivity index is 0.00000220. The van der Waals surface area contributed by atoms with Gasteiger partial charge in [-0.1, -0.05) is 0 Å². The van der Waals surface area contributed by atoms with E-state index in [1.165, 1.54) is 0 Å². The van der Waals surface area contributed by atoms with Gasteiger partial charge >= 0.3 is 0 Å². The average molecular weight is 330 g/mol. The number of carbonyl (C=O) groups excluding carboxylic acids is 2. The zero-order chi connectivity index (χ0) is 14.5. The number of nitrogens with two attached hydrogens (primary N) is 1. The van der Waals surface area contributed by atoms with Crippen molar-refractivity contribution in [3.05, 3.63) is 23.8 Å². The Morgan fingerprint density at radius 2 is 2.29 bits per heavy atom. The molecule has 21 heavy (non-hydrogen) atoms. The van der Waals surface area contributed by atoms with Gasteiger partial charge in [0.15, 0.2) is 0 Å². The second-order valence-corrected chi connectivity index (χ2v) is 6.02. The van der Waals surface area contributed by atoms with E-state index < -0.39 is 0 Å². The predicted molar refractivity (Wildman–Crippen MR) is 88.3 cm³/mol. The topological polar surface area (TPSA) is 84.2 Å². The van der Waals surface area contributed by atoms with Crippen LogP contribution < -0.4 is 16.4 Å². The standard InChI is InChI=1S/C14H19N3O2S.ClH/c1-9(15)4-6-16-14(19)10-2-3-12-11(8-10)17-13(18)5-7-20-12;/h2-3,8-9H,4-7,15H2,1H3,(H,16,19)(H,17,18);1H. The predicted octanol–water partition coefficient (Wildman–Crippen LogP) is 2.01. The van der Waals surface area contributed by atoms with Gasteiger partial charge in [0.1, 0.15) is 0 Å². The highest BCUT2D eigenvalue weighted by molar-refractivity contribution is 7.99. The molecule has 0 fully saturated rings. The fourth-order valence-electron chi connectivity index (χ4n) is 1.88. The molecular weight excluding hydrogens is 310 g/mol. The van der Waals surface area contributed by atoms with Gasteiger partial charge in [0.2, 0.25) is 5.91 Å². The molecule has 116 valence electrons. The third-order valence-corrected chi connectivity index (χ3v) is 4.06. The zero-order valence-corrected chi connectivity index (χ0v) is 13.5. The van der Waals surface area contributed by atoms with Crippen LogP contribution in [-0.4, -0.2) is 30.2 Å². The first-order valence-electron chi connectivity index (χ1n) is 6.67. The molecule has 1 heterocycles. The van der Waals surface area contributed by atoms with E-state index in [2.05, 4.69) is 10.6 Å². The van der Waals surface area contributed by atoms with E-state index in [4.69, 9.17) is 5.73 Å². The Morgan fingerprint density at radius 3 is 3.00 bits per heavy atom. The van der Waals surface area contributed by atoms with Crippen molar-refractivity contribution in [2.75, 3.05) is 17.6 Å². The Hall–Kier alpha value is -1.24. The average Bonchev–Trinajstić information content (AvgIpc) is 2.57. The number of anilines is 1. The number of nitrogens with one attached hydrogen (secondary N) is 2. The minimum Gasteiger partial charge on any atom is -0.352 e. The Morgan fingerprint density at radius 1 is 1.52 bits per heavy atom. The van der Waals surface area contributed by atoms with E-state index >= 15 is 0 Å². The van der Waals surface area contributed by atoms with Crippen LogP contribution in [0.4, 0.5) is 5.69 Å². The van der Waals surface area contributed by atoms with Crippen molar-refractivity contribution in [2.45, 2.75) is 30.7 Å². The third kappa shape index (κ3) is 5.22. The summed E-state index contributed by atoms with van der Waals surface area (Å²) in [4.78, 5) is 24.5. The van der Waals surface area contributed by atoms with Crippen LogP contribution in [0.5, 0.6) is 0 Å². The lowest BCUT2D eigenvalue weighted by Gasteiger charge is -2.10. The minimum atomic E-state index is -0.142. The van der Waals surface area contributed by atoms with Gasteiger partial charge in [-0.05, 0) is 31.5 Å². The van der Waals surface area contributed by atoms with Crippen LogP contribution in [0.25, 0.3) is 0 Å². The summed E-state index contributed by atoms with van der Waals surface area (Å²) in [5.74, 6) is 0.612. The molecule has 0 radical (unpaired) electrons. The van der Waals surface area contributed by atoms with Crippen molar-refractivity contribution in [2.24, 2.45) is 5.73 Å². The molecule has 0 bridgehead atoms. The molecule has 7 heteroatoms. The Labute approximate surface area is 134 Å². The van der Waals surface area contributed by atoms with Crippen molar-refractivity contribution in [3.63, 3.8) is 0 Å². The van der Waals surface area contributed by atoms with E-state index in [9.17, 15) is 9.59 Å². The molecule has 0 saturated carbocycles. The smallest absolute Gasteiger partial charge is 0.251 e. The minimum absolute atomic E-state index is 0. The number of halogens is 1. The van der Waals surface area contributed by atoms with Gasteiger partial charge in [0.25, 0.3) is 5.91 Å².